The van der Waals surface area contributed by atoms with Gasteiger partial charge in [-0.15, -0.1) is 0 Å². The number of aryl methyl sites for hydroxylation is 1. The van der Waals surface area contributed by atoms with Gasteiger partial charge in [0.15, 0.2) is 5.78 Å². The van der Waals surface area contributed by atoms with Crippen molar-refractivity contribution in [2.45, 2.75) is 13.8 Å². The van der Waals surface area contributed by atoms with Gasteiger partial charge in [-0.1, -0.05) is 27.5 Å². The third-order valence-corrected chi connectivity index (χ3v) is 2.36. The van der Waals surface area contributed by atoms with Crippen LogP contribution in [-0.4, -0.2) is 5.78 Å². The lowest BCUT2D eigenvalue weighted by molar-refractivity contribution is 0.101. The zero-order valence-corrected chi connectivity index (χ0v) is 9.16. The molecule has 0 aliphatic rings. The maximum atomic E-state index is 11.1. The average Bonchev–Trinajstić information content (AvgIpc) is 1.82. The molecule has 0 heterocycles. The largest absolute Gasteiger partial charge is 0.294 e. The molecule has 0 saturated carbocycles. The molecular formula is C9H8BrClO. The maximum absolute atomic E-state index is 11.1. The highest BCUT2D eigenvalue weighted by Gasteiger charge is 2.09. The predicted molar refractivity (Wildman–Crippen MR) is 53.9 cm³/mol. The van der Waals surface area contributed by atoms with Gasteiger partial charge >= 0.3 is 0 Å². The van der Waals surface area contributed by atoms with Crippen molar-refractivity contribution < 1.29 is 4.79 Å². The SMILES string of the molecule is CC(=O)c1c(C)cc(Br)cc1Cl. The molecule has 0 saturated heterocycles. The Morgan fingerprint density at radius 1 is 1.50 bits per heavy atom. The van der Waals surface area contributed by atoms with Gasteiger partial charge in [0.1, 0.15) is 0 Å². The van der Waals surface area contributed by atoms with Crippen LogP contribution in [0.15, 0.2) is 16.6 Å². The highest BCUT2D eigenvalue weighted by molar-refractivity contribution is 9.10. The van der Waals surface area contributed by atoms with Crippen molar-refractivity contribution in [1.82, 2.24) is 0 Å². The molecule has 0 aliphatic carbocycles. The molecule has 1 nitrogen and oxygen atoms in total. The first kappa shape index (κ1) is 9.75. The number of Topliss-reactive ketones (excluding diaryl/α,β-unsaturated/α-hetero) is 1. The summed E-state index contributed by atoms with van der Waals surface area (Å²) in [6.45, 7) is 3.38. The maximum Gasteiger partial charge on any atom is 0.161 e. The topological polar surface area (TPSA) is 17.1 Å². The zero-order chi connectivity index (χ0) is 9.30. The van der Waals surface area contributed by atoms with E-state index in [4.69, 9.17) is 11.6 Å². The van der Waals surface area contributed by atoms with E-state index < -0.39 is 0 Å². The third-order valence-electron chi connectivity index (χ3n) is 1.60. The summed E-state index contributed by atoms with van der Waals surface area (Å²) in [7, 11) is 0. The molecule has 0 aliphatic heterocycles. The Kier molecular flexibility index (Phi) is 2.91. The lowest BCUT2D eigenvalue weighted by Gasteiger charge is -2.04. The van der Waals surface area contributed by atoms with Gasteiger partial charge in [0, 0.05) is 10.0 Å². The predicted octanol–water partition coefficient (Wildman–Crippen LogP) is 3.61. The Hall–Kier alpha value is -0.340. The minimum absolute atomic E-state index is 0.00463. The monoisotopic (exact) mass is 246 g/mol. The Labute approximate surface area is 84.9 Å². The second-order valence-corrected chi connectivity index (χ2v) is 3.96. The minimum atomic E-state index is 0.00463. The summed E-state index contributed by atoms with van der Waals surface area (Å²) in [5.41, 5.74) is 1.52. The molecule has 12 heavy (non-hydrogen) atoms. The lowest BCUT2D eigenvalue weighted by Crippen LogP contribution is -1.97. The first-order valence-corrected chi connectivity index (χ1v) is 4.66. The van der Waals surface area contributed by atoms with Gasteiger partial charge in [-0.25, -0.2) is 0 Å². The van der Waals surface area contributed by atoms with E-state index in [0.29, 0.717) is 10.6 Å². The smallest absolute Gasteiger partial charge is 0.161 e. The normalized spacial score (nSPS) is 10.0. The van der Waals surface area contributed by atoms with E-state index in [-0.39, 0.29) is 5.78 Å². The highest BCUT2D eigenvalue weighted by Crippen LogP contribution is 2.25. The summed E-state index contributed by atoms with van der Waals surface area (Å²) in [6.07, 6.45) is 0. The number of hydrogen-bond acceptors (Lipinski definition) is 1. The van der Waals surface area contributed by atoms with Gasteiger partial charge < -0.3 is 0 Å². The van der Waals surface area contributed by atoms with Crippen molar-refractivity contribution in [3.63, 3.8) is 0 Å². The molecule has 0 atom stereocenters. The molecule has 1 aromatic carbocycles. The van der Waals surface area contributed by atoms with E-state index in [0.717, 1.165) is 10.0 Å². The number of carbonyl (C=O) groups excluding carboxylic acids is 1. The summed E-state index contributed by atoms with van der Waals surface area (Å²) < 4.78 is 0.898. The third kappa shape index (κ3) is 1.87. The van der Waals surface area contributed by atoms with E-state index >= 15 is 0 Å². The van der Waals surface area contributed by atoms with Gasteiger partial charge in [0.05, 0.1) is 5.02 Å². The summed E-state index contributed by atoms with van der Waals surface area (Å²) in [4.78, 5) is 11.1. The van der Waals surface area contributed by atoms with E-state index in [1.165, 1.54) is 6.92 Å². The van der Waals surface area contributed by atoms with Gasteiger partial charge in [0.2, 0.25) is 0 Å². The molecule has 1 rings (SSSR count). The van der Waals surface area contributed by atoms with E-state index in [9.17, 15) is 4.79 Å². The van der Waals surface area contributed by atoms with Crippen LogP contribution in [0.1, 0.15) is 22.8 Å². The Balaban J connectivity index is 3.38. The van der Waals surface area contributed by atoms with Crippen molar-refractivity contribution in [3.05, 3.63) is 32.8 Å². The molecule has 0 spiro atoms. The first-order valence-electron chi connectivity index (χ1n) is 3.49. The van der Waals surface area contributed by atoms with Crippen molar-refractivity contribution in [1.29, 1.82) is 0 Å². The van der Waals surface area contributed by atoms with Crippen LogP contribution in [0.4, 0.5) is 0 Å². The van der Waals surface area contributed by atoms with E-state index in [1.54, 1.807) is 6.07 Å². The summed E-state index contributed by atoms with van der Waals surface area (Å²) >= 11 is 9.18. The Morgan fingerprint density at radius 2 is 2.08 bits per heavy atom. The summed E-state index contributed by atoms with van der Waals surface area (Å²) in [5.74, 6) is 0.00463. The standard InChI is InChI=1S/C9H8BrClO/c1-5-3-7(10)4-8(11)9(5)6(2)12/h3-4H,1-2H3. The van der Waals surface area contributed by atoms with Crippen molar-refractivity contribution in [2.75, 3.05) is 0 Å². The van der Waals surface area contributed by atoms with Crippen molar-refractivity contribution in [3.8, 4) is 0 Å². The van der Waals surface area contributed by atoms with E-state index in [1.807, 2.05) is 13.0 Å². The molecular weight excluding hydrogens is 239 g/mol. The molecule has 3 heteroatoms. The van der Waals surface area contributed by atoms with Gasteiger partial charge in [-0.05, 0) is 31.5 Å². The number of rotatable bonds is 1. The van der Waals surface area contributed by atoms with Gasteiger partial charge in [-0.3, -0.25) is 4.79 Å². The van der Waals surface area contributed by atoms with Crippen molar-refractivity contribution >= 4 is 33.3 Å². The number of hydrogen-bond donors (Lipinski definition) is 0. The molecule has 0 amide bonds. The second kappa shape index (κ2) is 3.58. The summed E-state index contributed by atoms with van der Waals surface area (Å²) in [6, 6.07) is 3.61. The van der Waals surface area contributed by atoms with Gasteiger partial charge in [0.25, 0.3) is 0 Å². The highest BCUT2D eigenvalue weighted by atomic mass is 79.9. The lowest BCUT2D eigenvalue weighted by atomic mass is 10.1. The fraction of sp³-hybridized carbons (Fsp3) is 0.222. The summed E-state index contributed by atoms with van der Waals surface area (Å²) in [5, 5.41) is 0.509. The fourth-order valence-corrected chi connectivity index (χ4v) is 2.25. The number of benzene rings is 1. The quantitative estimate of drug-likeness (QED) is 0.693. The van der Waals surface area contributed by atoms with Gasteiger partial charge in [-0.2, -0.15) is 0 Å². The molecule has 1 aromatic rings. The molecule has 0 bridgehead atoms. The van der Waals surface area contributed by atoms with Crippen LogP contribution in [0.25, 0.3) is 0 Å². The Bertz CT molecular complexity index is 310. The number of carbonyl (C=O) groups is 1. The first-order chi connectivity index (χ1) is 5.52. The van der Waals surface area contributed by atoms with E-state index in [2.05, 4.69) is 15.9 Å². The van der Waals surface area contributed by atoms with Crippen LogP contribution in [0, 0.1) is 6.92 Å². The average molecular weight is 248 g/mol. The zero-order valence-electron chi connectivity index (χ0n) is 6.82. The number of ketones is 1. The molecule has 0 fully saturated rings. The molecule has 0 unspecified atom stereocenters. The van der Waals surface area contributed by atoms with Crippen LogP contribution < -0.4 is 0 Å². The Morgan fingerprint density at radius 3 is 2.50 bits per heavy atom. The molecule has 0 aromatic heterocycles. The molecule has 64 valence electrons. The van der Waals surface area contributed by atoms with Crippen LogP contribution in [0.2, 0.25) is 5.02 Å². The molecule has 0 radical (unpaired) electrons. The minimum Gasteiger partial charge on any atom is -0.294 e. The second-order valence-electron chi connectivity index (χ2n) is 2.64. The van der Waals surface area contributed by atoms with Crippen LogP contribution in [-0.2, 0) is 0 Å². The van der Waals surface area contributed by atoms with Crippen LogP contribution in [0.3, 0.4) is 0 Å². The molecule has 0 N–H and O–H groups in total. The number of halogens is 2. The van der Waals surface area contributed by atoms with Crippen LogP contribution >= 0.6 is 27.5 Å². The fourth-order valence-electron chi connectivity index (χ4n) is 1.15. The van der Waals surface area contributed by atoms with Crippen LogP contribution in [0.5, 0.6) is 0 Å². The van der Waals surface area contributed by atoms with Crippen molar-refractivity contribution in [2.24, 2.45) is 0 Å².